The summed E-state index contributed by atoms with van der Waals surface area (Å²) in [4.78, 5) is 10.5. The molecule has 0 fully saturated rings. The zero-order chi connectivity index (χ0) is 13.5. The molecule has 1 atom stereocenters. The Labute approximate surface area is 107 Å². The van der Waals surface area contributed by atoms with E-state index in [0.29, 0.717) is 12.1 Å². The molecule has 1 rings (SSSR count). The standard InChI is InChI=1S/C14H20FNO2/c1-10(7-14(17)18)9-16-6-5-12-3-4-13(15)11(2)8-12/h3-4,8,10,16H,5-7,9H2,1-2H3,(H,17,18). The number of aryl methyl sites for hydroxylation is 1. The Hall–Kier alpha value is -1.42. The molecular weight excluding hydrogens is 233 g/mol. The number of carboxylic acid groups (broad SMARTS) is 1. The summed E-state index contributed by atoms with van der Waals surface area (Å²) in [5, 5.41) is 11.8. The molecule has 0 radical (unpaired) electrons. The summed E-state index contributed by atoms with van der Waals surface area (Å²) in [6.45, 7) is 5.12. The molecule has 0 saturated heterocycles. The van der Waals surface area contributed by atoms with Gasteiger partial charge in [-0.05, 0) is 49.5 Å². The van der Waals surface area contributed by atoms with Gasteiger partial charge >= 0.3 is 5.97 Å². The van der Waals surface area contributed by atoms with E-state index in [1.807, 2.05) is 13.0 Å². The van der Waals surface area contributed by atoms with Crippen LogP contribution in [-0.4, -0.2) is 24.2 Å². The maximum Gasteiger partial charge on any atom is 0.303 e. The summed E-state index contributed by atoms with van der Waals surface area (Å²) in [6.07, 6.45) is 1.00. The van der Waals surface area contributed by atoms with Gasteiger partial charge in [0.25, 0.3) is 0 Å². The Kier molecular flexibility index (Phi) is 5.78. The zero-order valence-corrected chi connectivity index (χ0v) is 10.9. The first kappa shape index (κ1) is 14.6. The summed E-state index contributed by atoms with van der Waals surface area (Å²) in [6, 6.07) is 5.11. The highest BCUT2D eigenvalue weighted by molar-refractivity contribution is 5.66. The molecule has 1 aromatic rings. The SMILES string of the molecule is Cc1cc(CCNCC(C)CC(=O)O)ccc1F. The van der Waals surface area contributed by atoms with Crippen LogP contribution in [-0.2, 0) is 11.2 Å². The van der Waals surface area contributed by atoms with Crippen molar-refractivity contribution in [1.29, 1.82) is 0 Å². The Bertz CT molecular complexity index is 407. The molecule has 0 heterocycles. The molecule has 0 amide bonds. The van der Waals surface area contributed by atoms with Gasteiger partial charge in [-0.15, -0.1) is 0 Å². The number of hydrogen-bond donors (Lipinski definition) is 2. The molecule has 0 saturated carbocycles. The minimum Gasteiger partial charge on any atom is -0.481 e. The van der Waals surface area contributed by atoms with Gasteiger partial charge in [-0.3, -0.25) is 4.79 Å². The van der Waals surface area contributed by atoms with Crippen LogP contribution in [0.1, 0.15) is 24.5 Å². The van der Waals surface area contributed by atoms with Crippen LogP contribution in [0, 0.1) is 18.7 Å². The van der Waals surface area contributed by atoms with Gasteiger partial charge in [0.1, 0.15) is 5.82 Å². The van der Waals surface area contributed by atoms with Crippen molar-refractivity contribution in [3.63, 3.8) is 0 Å². The number of aliphatic carboxylic acids is 1. The highest BCUT2D eigenvalue weighted by Crippen LogP contribution is 2.09. The summed E-state index contributed by atoms with van der Waals surface area (Å²) >= 11 is 0. The highest BCUT2D eigenvalue weighted by Gasteiger charge is 2.06. The molecule has 4 heteroatoms. The molecule has 0 aliphatic heterocycles. The van der Waals surface area contributed by atoms with Crippen LogP contribution >= 0.6 is 0 Å². The predicted molar refractivity (Wildman–Crippen MR) is 69.1 cm³/mol. The molecule has 2 N–H and O–H groups in total. The molecule has 3 nitrogen and oxygen atoms in total. The second kappa shape index (κ2) is 7.11. The Balaban J connectivity index is 2.25. The van der Waals surface area contributed by atoms with Gasteiger partial charge in [0.15, 0.2) is 0 Å². The van der Waals surface area contributed by atoms with Crippen molar-refractivity contribution in [3.8, 4) is 0 Å². The van der Waals surface area contributed by atoms with Gasteiger partial charge in [-0.25, -0.2) is 4.39 Å². The van der Waals surface area contributed by atoms with Crippen LogP contribution < -0.4 is 5.32 Å². The van der Waals surface area contributed by atoms with Crippen LogP contribution in [0.4, 0.5) is 4.39 Å². The predicted octanol–water partition coefficient (Wildman–Crippen LogP) is 2.38. The summed E-state index contributed by atoms with van der Waals surface area (Å²) < 4.78 is 13.0. The monoisotopic (exact) mass is 253 g/mol. The molecule has 0 bridgehead atoms. The summed E-state index contributed by atoms with van der Waals surface area (Å²) in [5.74, 6) is -0.822. The van der Waals surface area contributed by atoms with Crippen molar-refractivity contribution in [2.75, 3.05) is 13.1 Å². The van der Waals surface area contributed by atoms with Crippen molar-refractivity contribution in [1.82, 2.24) is 5.32 Å². The molecule has 1 unspecified atom stereocenters. The van der Waals surface area contributed by atoms with Crippen LogP contribution in [0.2, 0.25) is 0 Å². The lowest BCUT2D eigenvalue weighted by Gasteiger charge is -2.10. The third kappa shape index (κ3) is 5.27. The Morgan fingerprint density at radius 2 is 2.22 bits per heavy atom. The first-order chi connectivity index (χ1) is 8.49. The number of rotatable bonds is 7. The highest BCUT2D eigenvalue weighted by atomic mass is 19.1. The first-order valence-corrected chi connectivity index (χ1v) is 6.16. The molecule has 18 heavy (non-hydrogen) atoms. The van der Waals surface area contributed by atoms with Crippen molar-refractivity contribution in [2.45, 2.75) is 26.7 Å². The van der Waals surface area contributed by atoms with Gasteiger partial charge in [-0.1, -0.05) is 19.1 Å². The summed E-state index contributed by atoms with van der Waals surface area (Å²) in [5.41, 5.74) is 1.75. The molecule has 0 aliphatic rings. The van der Waals surface area contributed by atoms with Gasteiger partial charge in [0.2, 0.25) is 0 Å². The van der Waals surface area contributed by atoms with E-state index < -0.39 is 5.97 Å². The fourth-order valence-electron chi connectivity index (χ4n) is 1.81. The minimum atomic E-state index is -0.765. The second-order valence-electron chi connectivity index (χ2n) is 4.74. The number of benzene rings is 1. The molecule has 0 spiro atoms. The largest absolute Gasteiger partial charge is 0.481 e. The first-order valence-electron chi connectivity index (χ1n) is 6.16. The Morgan fingerprint density at radius 1 is 1.50 bits per heavy atom. The van der Waals surface area contributed by atoms with Crippen LogP contribution in [0.3, 0.4) is 0 Å². The number of hydrogen-bond acceptors (Lipinski definition) is 2. The quantitative estimate of drug-likeness (QED) is 0.733. The van der Waals surface area contributed by atoms with Crippen LogP contribution in [0.25, 0.3) is 0 Å². The normalized spacial score (nSPS) is 12.4. The smallest absolute Gasteiger partial charge is 0.303 e. The van der Waals surface area contributed by atoms with Gasteiger partial charge in [0.05, 0.1) is 0 Å². The van der Waals surface area contributed by atoms with E-state index in [9.17, 15) is 9.18 Å². The maximum atomic E-state index is 13.0. The minimum absolute atomic E-state index is 0.123. The number of carboxylic acids is 1. The average molecular weight is 253 g/mol. The van der Waals surface area contributed by atoms with Crippen molar-refractivity contribution < 1.29 is 14.3 Å². The van der Waals surface area contributed by atoms with E-state index in [4.69, 9.17) is 5.11 Å². The second-order valence-corrected chi connectivity index (χ2v) is 4.74. The van der Waals surface area contributed by atoms with E-state index in [1.54, 1.807) is 13.0 Å². The molecule has 100 valence electrons. The van der Waals surface area contributed by atoms with Gasteiger partial charge < -0.3 is 10.4 Å². The fourth-order valence-corrected chi connectivity index (χ4v) is 1.81. The van der Waals surface area contributed by atoms with E-state index >= 15 is 0 Å². The van der Waals surface area contributed by atoms with E-state index in [0.717, 1.165) is 18.5 Å². The van der Waals surface area contributed by atoms with Crippen molar-refractivity contribution >= 4 is 5.97 Å². The van der Waals surface area contributed by atoms with Crippen LogP contribution in [0.15, 0.2) is 18.2 Å². The number of nitrogens with one attached hydrogen (secondary N) is 1. The molecule has 0 aliphatic carbocycles. The zero-order valence-electron chi connectivity index (χ0n) is 10.9. The Morgan fingerprint density at radius 3 is 2.83 bits per heavy atom. The maximum absolute atomic E-state index is 13.0. The van der Waals surface area contributed by atoms with Crippen LogP contribution in [0.5, 0.6) is 0 Å². The number of carbonyl (C=O) groups is 1. The fraction of sp³-hybridized carbons (Fsp3) is 0.500. The topological polar surface area (TPSA) is 49.3 Å². The van der Waals surface area contributed by atoms with Gasteiger partial charge in [0, 0.05) is 6.42 Å². The average Bonchev–Trinajstić information content (AvgIpc) is 2.28. The third-order valence-corrected chi connectivity index (χ3v) is 2.83. The lowest BCUT2D eigenvalue weighted by atomic mass is 10.1. The number of halogens is 1. The lowest BCUT2D eigenvalue weighted by Crippen LogP contribution is -2.24. The van der Waals surface area contributed by atoms with E-state index in [-0.39, 0.29) is 18.2 Å². The van der Waals surface area contributed by atoms with E-state index in [2.05, 4.69) is 5.32 Å². The summed E-state index contributed by atoms with van der Waals surface area (Å²) in [7, 11) is 0. The van der Waals surface area contributed by atoms with E-state index in [1.165, 1.54) is 6.07 Å². The third-order valence-electron chi connectivity index (χ3n) is 2.83. The lowest BCUT2D eigenvalue weighted by molar-refractivity contribution is -0.137. The molecular formula is C14H20FNO2. The van der Waals surface area contributed by atoms with Crippen molar-refractivity contribution in [2.24, 2.45) is 5.92 Å². The molecule has 1 aromatic carbocycles. The van der Waals surface area contributed by atoms with Gasteiger partial charge in [-0.2, -0.15) is 0 Å². The van der Waals surface area contributed by atoms with Crippen molar-refractivity contribution in [3.05, 3.63) is 35.1 Å². The molecule has 0 aromatic heterocycles.